The average molecular weight is 362 g/mol. The number of rotatable bonds is 6. The Balaban J connectivity index is 2.41. The lowest BCUT2D eigenvalue weighted by molar-refractivity contribution is 0.102. The number of nitrogens with zero attached hydrogens (tertiary/aromatic N) is 1. The van der Waals surface area contributed by atoms with Crippen molar-refractivity contribution in [1.82, 2.24) is 0 Å². The first-order valence-electron chi connectivity index (χ1n) is 7.79. The van der Waals surface area contributed by atoms with E-state index in [0.29, 0.717) is 11.4 Å². The molecule has 134 valence electrons. The van der Waals surface area contributed by atoms with Gasteiger partial charge < -0.3 is 10.1 Å². The lowest BCUT2D eigenvalue weighted by Gasteiger charge is -2.19. The summed E-state index contributed by atoms with van der Waals surface area (Å²) in [5.41, 5.74) is 2.39. The number of sulfonamides is 1. The standard InChI is InChI=1S/C18H22N2O4S/c1-5-13-8-6-7-9-16(13)19-18(21)15-12-14(10-11-17(15)24-3)20(2)25(4,22)23/h6-12H,5H2,1-4H3,(H,19,21). The van der Waals surface area contributed by atoms with E-state index in [0.717, 1.165) is 28.2 Å². The molecular weight excluding hydrogens is 340 g/mol. The van der Waals surface area contributed by atoms with E-state index in [4.69, 9.17) is 4.74 Å². The van der Waals surface area contributed by atoms with E-state index in [1.165, 1.54) is 20.2 Å². The molecule has 0 aromatic heterocycles. The lowest BCUT2D eigenvalue weighted by Crippen LogP contribution is -2.25. The summed E-state index contributed by atoms with van der Waals surface area (Å²) in [5.74, 6) is 0.0126. The monoisotopic (exact) mass is 362 g/mol. The molecule has 6 nitrogen and oxygen atoms in total. The number of para-hydroxylation sites is 1. The Bertz CT molecular complexity index is 878. The first kappa shape index (κ1) is 18.8. The zero-order chi connectivity index (χ0) is 18.6. The molecule has 2 aromatic carbocycles. The molecule has 0 aliphatic rings. The number of carbonyl (C=O) groups is 1. The third-order valence-electron chi connectivity index (χ3n) is 3.94. The highest BCUT2D eigenvalue weighted by Gasteiger charge is 2.18. The zero-order valence-corrected chi connectivity index (χ0v) is 15.6. The summed E-state index contributed by atoms with van der Waals surface area (Å²) in [4.78, 5) is 12.7. The van der Waals surface area contributed by atoms with E-state index in [1.807, 2.05) is 31.2 Å². The van der Waals surface area contributed by atoms with Crippen molar-refractivity contribution >= 4 is 27.3 Å². The summed E-state index contributed by atoms with van der Waals surface area (Å²) in [5, 5.41) is 2.87. The van der Waals surface area contributed by atoms with Crippen molar-refractivity contribution in [3.05, 3.63) is 53.6 Å². The van der Waals surface area contributed by atoms with Crippen molar-refractivity contribution < 1.29 is 17.9 Å². The van der Waals surface area contributed by atoms with Crippen molar-refractivity contribution in [2.75, 3.05) is 30.0 Å². The minimum atomic E-state index is -3.43. The Morgan fingerprint density at radius 1 is 1.20 bits per heavy atom. The fourth-order valence-electron chi connectivity index (χ4n) is 2.40. The van der Waals surface area contributed by atoms with Crippen LogP contribution in [0.25, 0.3) is 0 Å². The molecular formula is C18H22N2O4S. The van der Waals surface area contributed by atoms with Crippen LogP contribution in [-0.4, -0.2) is 34.7 Å². The molecule has 0 heterocycles. The van der Waals surface area contributed by atoms with Crippen LogP contribution in [0.4, 0.5) is 11.4 Å². The Kier molecular flexibility index (Phi) is 5.69. The second kappa shape index (κ2) is 7.57. The summed E-state index contributed by atoms with van der Waals surface area (Å²) < 4.78 is 29.8. The van der Waals surface area contributed by atoms with Crippen molar-refractivity contribution in [1.29, 1.82) is 0 Å². The summed E-state index contributed by atoms with van der Waals surface area (Å²) in [6.07, 6.45) is 1.89. The highest BCUT2D eigenvalue weighted by atomic mass is 32.2. The minimum absolute atomic E-state index is 0.265. The zero-order valence-electron chi connectivity index (χ0n) is 14.7. The van der Waals surface area contributed by atoms with Gasteiger partial charge in [-0.2, -0.15) is 0 Å². The van der Waals surface area contributed by atoms with Gasteiger partial charge in [-0.25, -0.2) is 8.42 Å². The first-order chi connectivity index (χ1) is 11.8. The van der Waals surface area contributed by atoms with Crippen LogP contribution in [-0.2, 0) is 16.4 Å². The molecule has 7 heteroatoms. The molecule has 0 fully saturated rings. The predicted molar refractivity (Wildman–Crippen MR) is 100 cm³/mol. The van der Waals surface area contributed by atoms with E-state index < -0.39 is 10.0 Å². The molecule has 0 aliphatic heterocycles. The van der Waals surface area contributed by atoms with Crippen LogP contribution in [0.15, 0.2) is 42.5 Å². The smallest absolute Gasteiger partial charge is 0.259 e. The second-order valence-corrected chi connectivity index (χ2v) is 7.59. The molecule has 0 atom stereocenters. The highest BCUT2D eigenvalue weighted by Crippen LogP contribution is 2.27. The number of hydrogen-bond acceptors (Lipinski definition) is 4. The number of methoxy groups -OCH3 is 1. The van der Waals surface area contributed by atoms with Crippen LogP contribution in [0.1, 0.15) is 22.8 Å². The molecule has 0 radical (unpaired) electrons. The summed E-state index contributed by atoms with van der Waals surface area (Å²) in [7, 11) is -0.527. The average Bonchev–Trinajstić information content (AvgIpc) is 2.60. The van der Waals surface area contributed by atoms with Crippen molar-refractivity contribution in [2.24, 2.45) is 0 Å². The van der Waals surface area contributed by atoms with Crippen LogP contribution in [0.5, 0.6) is 5.75 Å². The van der Waals surface area contributed by atoms with Gasteiger partial charge in [0.05, 0.1) is 24.6 Å². The van der Waals surface area contributed by atoms with E-state index in [-0.39, 0.29) is 11.5 Å². The topological polar surface area (TPSA) is 75.7 Å². The number of carbonyl (C=O) groups excluding carboxylic acids is 1. The molecule has 0 saturated heterocycles. The Hall–Kier alpha value is -2.54. The van der Waals surface area contributed by atoms with Crippen molar-refractivity contribution in [2.45, 2.75) is 13.3 Å². The lowest BCUT2D eigenvalue weighted by atomic mass is 10.1. The van der Waals surface area contributed by atoms with Gasteiger partial charge in [-0.15, -0.1) is 0 Å². The second-order valence-electron chi connectivity index (χ2n) is 5.58. The predicted octanol–water partition coefficient (Wildman–Crippen LogP) is 2.91. The van der Waals surface area contributed by atoms with Crippen LogP contribution in [0.2, 0.25) is 0 Å². The third-order valence-corrected chi connectivity index (χ3v) is 5.14. The van der Waals surface area contributed by atoms with Gasteiger partial charge in [0.25, 0.3) is 5.91 Å². The summed E-state index contributed by atoms with van der Waals surface area (Å²) in [6.45, 7) is 2.01. The SMILES string of the molecule is CCc1ccccc1NC(=O)c1cc(N(C)S(C)(=O)=O)ccc1OC. The number of anilines is 2. The number of nitrogens with one attached hydrogen (secondary N) is 1. The van der Waals surface area contributed by atoms with Gasteiger partial charge in [-0.05, 0) is 36.2 Å². The van der Waals surface area contributed by atoms with Crippen LogP contribution in [0, 0.1) is 0 Å². The van der Waals surface area contributed by atoms with Crippen LogP contribution in [0.3, 0.4) is 0 Å². The van der Waals surface area contributed by atoms with E-state index >= 15 is 0 Å². The van der Waals surface area contributed by atoms with Crippen LogP contribution < -0.4 is 14.4 Å². The van der Waals surface area contributed by atoms with Gasteiger partial charge in [0.2, 0.25) is 10.0 Å². The summed E-state index contributed by atoms with van der Waals surface area (Å²) >= 11 is 0. The van der Waals surface area contributed by atoms with Crippen LogP contribution >= 0.6 is 0 Å². The van der Waals surface area contributed by atoms with Crippen molar-refractivity contribution in [3.8, 4) is 5.75 Å². The number of benzene rings is 2. The molecule has 0 bridgehead atoms. The molecule has 0 spiro atoms. The van der Waals surface area contributed by atoms with Gasteiger partial charge in [0.1, 0.15) is 5.75 Å². The Morgan fingerprint density at radius 2 is 1.88 bits per heavy atom. The Labute approximate surface area is 148 Å². The van der Waals surface area contributed by atoms with Gasteiger partial charge in [0.15, 0.2) is 0 Å². The Morgan fingerprint density at radius 3 is 2.48 bits per heavy atom. The number of ether oxygens (including phenoxy) is 1. The number of amides is 1. The fourth-order valence-corrected chi connectivity index (χ4v) is 2.90. The quantitative estimate of drug-likeness (QED) is 0.857. The maximum absolute atomic E-state index is 12.7. The van der Waals surface area contributed by atoms with Gasteiger partial charge in [-0.1, -0.05) is 25.1 Å². The largest absolute Gasteiger partial charge is 0.496 e. The molecule has 25 heavy (non-hydrogen) atoms. The molecule has 0 aliphatic carbocycles. The third kappa shape index (κ3) is 4.30. The van der Waals surface area contributed by atoms with E-state index in [2.05, 4.69) is 5.32 Å². The maximum Gasteiger partial charge on any atom is 0.259 e. The molecule has 1 N–H and O–H groups in total. The van der Waals surface area contributed by atoms with Gasteiger partial charge in [0, 0.05) is 12.7 Å². The number of aryl methyl sites for hydroxylation is 1. The normalized spacial score (nSPS) is 11.0. The molecule has 2 rings (SSSR count). The van der Waals surface area contributed by atoms with Crippen molar-refractivity contribution in [3.63, 3.8) is 0 Å². The number of hydrogen-bond donors (Lipinski definition) is 1. The maximum atomic E-state index is 12.7. The minimum Gasteiger partial charge on any atom is -0.496 e. The molecule has 0 unspecified atom stereocenters. The summed E-state index contributed by atoms with van der Waals surface area (Å²) in [6, 6.07) is 12.2. The van der Waals surface area contributed by atoms with Gasteiger partial charge >= 0.3 is 0 Å². The molecule has 1 amide bonds. The highest BCUT2D eigenvalue weighted by molar-refractivity contribution is 7.92. The first-order valence-corrected chi connectivity index (χ1v) is 9.64. The van der Waals surface area contributed by atoms with Gasteiger partial charge in [-0.3, -0.25) is 9.10 Å². The molecule has 2 aromatic rings. The molecule has 0 saturated carbocycles. The van der Waals surface area contributed by atoms with E-state index in [1.54, 1.807) is 12.1 Å². The fraction of sp³-hybridized carbons (Fsp3) is 0.278. The van der Waals surface area contributed by atoms with E-state index in [9.17, 15) is 13.2 Å².